The topological polar surface area (TPSA) is 63.7 Å². The van der Waals surface area contributed by atoms with E-state index in [-0.39, 0.29) is 23.5 Å². The molecule has 0 radical (unpaired) electrons. The lowest BCUT2D eigenvalue weighted by Crippen LogP contribution is -2.46. The molecule has 146 valence electrons. The first-order chi connectivity index (χ1) is 12.7. The number of hydrogen-bond donors (Lipinski definition) is 0. The van der Waals surface area contributed by atoms with Crippen LogP contribution in [0, 0.1) is 6.92 Å². The van der Waals surface area contributed by atoms with E-state index < -0.39 is 15.9 Å². The van der Waals surface area contributed by atoms with E-state index in [9.17, 15) is 13.2 Å². The zero-order chi connectivity index (χ0) is 19.6. The van der Waals surface area contributed by atoms with Crippen LogP contribution < -0.4 is 4.74 Å². The van der Waals surface area contributed by atoms with Gasteiger partial charge in [-0.25, -0.2) is 8.42 Å². The van der Waals surface area contributed by atoms with E-state index in [1.807, 2.05) is 24.4 Å². The number of amides is 1. The van der Waals surface area contributed by atoms with E-state index in [2.05, 4.69) is 0 Å². The summed E-state index contributed by atoms with van der Waals surface area (Å²) >= 11 is 7.58. The Morgan fingerprint density at radius 2 is 2.19 bits per heavy atom. The van der Waals surface area contributed by atoms with Gasteiger partial charge in [0.1, 0.15) is 5.75 Å². The molecule has 1 saturated heterocycles. The maximum absolute atomic E-state index is 13.1. The van der Waals surface area contributed by atoms with Gasteiger partial charge in [-0.15, -0.1) is 11.3 Å². The number of halogens is 1. The molecule has 2 aromatic rings. The predicted molar refractivity (Wildman–Crippen MR) is 108 cm³/mol. The summed E-state index contributed by atoms with van der Waals surface area (Å²) in [6.45, 7) is 3.95. The molecule has 1 amide bonds. The summed E-state index contributed by atoms with van der Waals surface area (Å²) < 4.78 is 29.7. The van der Waals surface area contributed by atoms with Crippen LogP contribution in [0.25, 0.3) is 0 Å². The van der Waals surface area contributed by atoms with Gasteiger partial charge in [0, 0.05) is 15.9 Å². The van der Waals surface area contributed by atoms with Crippen LogP contribution in [-0.4, -0.2) is 42.9 Å². The molecule has 1 fully saturated rings. The Kier molecular flexibility index (Phi) is 6.13. The summed E-state index contributed by atoms with van der Waals surface area (Å²) in [5.41, 5.74) is 0.867. The zero-order valence-electron chi connectivity index (χ0n) is 15.2. The van der Waals surface area contributed by atoms with Gasteiger partial charge in [-0.1, -0.05) is 17.7 Å². The summed E-state index contributed by atoms with van der Waals surface area (Å²) in [5.74, 6) is 0.486. The van der Waals surface area contributed by atoms with Crippen LogP contribution in [0.15, 0.2) is 35.7 Å². The molecular weight excluding hydrogens is 406 g/mol. The largest absolute Gasteiger partial charge is 0.481 e. The summed E-state index contributed by atoms with van der Waals surface area (Å²) in [6.07, 6.45) is -0.263. The number of ether oxygens (including phenoxy) is 1. The fraction of sp³-hybridized carbons (Fsp3) is 0.421. The normalized spacial score (nSPS) is 19.6. The Morgan fingerprint density at radius 1 is 1.41 bits per heavy atom. The van der Waals surface area contributed by atoms with E-state index in [4.69, 9.17) is 16.3 Å². The van der Waals surface area contributed by atoms with E-state index in [0.29, 0.717) is 23.7 Å². The van der Waals surface area contributed by atoms with Crippen LogP contribution in [0.5, 0.6) is 5.75 Å². The predicted octanol–water partition coefficient (Wildman–Crippen LogP) is 3.69. The van der Waals surface area contributed by atoms with Crippen molar-refractivity contribution in [1.29, 1.82) is 0 Å². The van der Waals surface area contributed by atoms with Crippen molar-refractivity contribution in [3.8, 4) is 5.75 Å². The maximum Gasteiger partial charge on any atom is 0.263 e. The van der Waals surface area contributed by atoms with Crippen LogP contribution in [0.4, 0.5) is 0 Å². The molecule has 0 N–H and O–H groups in total. The van der Waals surface area contributed by atoms with Crippen LogP contribution >= 0.6 is 22.9 Å². The molecular formula is C19H22ClNO4S2. The van der Waals surface area contributed by atoms with Crippen molar-refractivity contribution in [2.24, 2.45) is 0 Å². The third kappa shape index (κ3) is 5.03. The van der Waals surface area contributed by atoms with Crippen molar-refractivity contribution in [3.05, 3.63) is 51.2 Å². The zero-order valence-corrected chi connectivity index (χ0v) is 17.6. The van der Waals surface area contributed by atoms with Crippen LogP contribution in [0.2, 0.25) is 5.02 Å². The Morgan fingerprint density at radius 3 is 2.78 bits per heavy atom. The Labute approximate surface area is 168 Å². The number of carbonyl (C=O) groups excluding carboxylic acids is 1. The first-order valence-corrected chi connectivity index (χ1v) is 11.8. The van der Waals surface area contributed by atoms with E-state index in [0.717, 1.165) is 10.4 Å². The molecule has 1 aliphatic heterocycles. The number of carbonyl (C=O) groups is 1. The van der Waals surface area contributed by atoms with Gasteiger partial charge < -0.3 is 9.64 Å². The summed E-state index contributed by atoms with van der Waals surface area (Å²) in [4.78, 5) is 15.8. The molecule has 0 aliphatic carbocycles. The summed E-state index contributed by atoms with van der Waals surface area (Å²) in [7, 11) is -3.09. The lowest BCUT2D eigenvalue weighted by molar-refractivity contribution is -0.140. The Hall–Kier alpha value is -1.57. The van der Waals surface area contributed by atoms with Crippen LogP contribution in [0.1, 0.15) is 23.8 Å². The standard InChI is InChI=1S/C19H22ClNO4S2/c1-13-10-16(5-6-18(13)20)25-14(2)19(22)21(11-17-4-3-8-26-17)15-7-9-27(23,24)12-15/h3-6,8,10,14-15H,7,9,11-12H2,1-2H3. The lowest BCUT2D eigenvalue weighted by Gasteiger charge is -2.30. The monoisotopic (exact) mass is 427 g/mol. The molecule has 0 spiro atoms. The SMILES string of the molecule is Cc1cc(OC(C)C(=O)N(Cc2cccs2)C2CCS(=O)(=O)C2)ccc1Cl. The minimum atomic E-state index is -3.09. The van der Waals surface area contributed by atoms with Crippen molar-refractivity contribution in [3.63, 3.8) is 0 Å². The molecule has 0 saturated carbocycles. The minimum Gasteiger partial charge on any atom is -0.481 e. The summed E-state index contributed by atoms with van der Waals surface area (Å²) in [5, 5.41) is 2.58. The third-order valence-corrected chi connectivity index (χ3v) is 7.66. The minimum absolute atomic E-state index is 0.0108. The number of thiophene rings is 1. The highest BCUT2D eigenvalue weighted by molar-refractivity contribution is 7.91. The molecule has 1 aliphatic rings. The molecule has 2 unspecified atom stereocenters. The second-order valence-electron chi connectivity index (χ2n) is 6.77. The lowest BCUT2D eigenvalue weighted by atomic mass is 10.2. The first-order valence-electron chi connectivity index (χ1n) is 8.71. The molecule has 5 nitrogen and oxygen atoms in total. The van der Waals surface area contributed by atoms with Crippen molar-refractivity contribution < 1.29 is 17.9 Å². The second-order valence-corrected chi connectivity index (χ2v) is 10.4. The smallest absolute Gasteiger partial charge is 0.263 e. The Balaban J connectivity index is 1.77. The van der Waals surface area contributed by atoms with Gasteiger partial charge in [0.15, 0.2) is 15.9 Å². The highest BCUT2D eigenvalue weighted by atomic mass is 35.5. The van der Waals surface area contributed by atoms with Crippen LogP contribution in [0.3, 0.4) is 0 Å². The van der Waals surface area contributed by atoms with Crippen LogP contribution in [-0.2, 0) is 21.2 Å². The van der Waals surface area contributed by atoms with Gasteiger partial charge in [0.2, 0.25) is 0 Å². The van der Waals surface area contributed by atoms with E-state index in [1.165, 1.54) is 0 Å². The highest BCUT2D eigenvalue weighted by Gasteiger charge is 2.36. The maximum atomic E-state index is 13.1. The number of aryl methyl sites for hydroxylation is 1. The van der Waals surface area contributed by atoms with Gasteiger partial charge in [-0.2, -0.15) is 0 Å². The van der Waals surface area contributed by atoms with Gasteiger partial charge in [-0.05, 0) is 55.5 Å². The number of sulfone groups is 1. The van der Waals surface area contributed by atoms with Gasteiger partial charge in [-0.3, -0.25) is 4.79 Å². The van der Waals surface area contributed by atoms with Gasteiger partial charge >= 0.3 is 0 Å². The third-order valence-electron chi connectivity index (χ3n) is 4.63. The molecule has 1 aromatic carbocycles. The quantitative estimate of drug-likeness (QED) is 0.705. The molecule has 8 heteroatoms. The van der Waals surface area contributed by atoms with Crippen molar-refractivity contribution >= 4 is 38.7 Å². The van der Waals surface area contributed by atoms with Crippen molar-refractivity contribution in [1.82, 2.24) is 4.90 Å². The number of benzene rings is 1. The van der Waals surface area contributed by atoms with Crippen molar-refractivity contribution in [2.75, 3.05) is 11.5 Å². The number of rotatable bonds is 6. The fourth-order valence-corrected chi connectivity index (χ4v) is 5.71. The Bertz CT molecular complexity index is 912. The molecule has 2 heterocycles. The molecule has 27 heavy (non-hydrogen) atoms. The summed E-state index contributed by atoms with van der Waals surface area (Å²) in [6, 6.07) is 8.80. The van der Waals surface area contributed by atoms with Crippen molar-refractivity contribution in [2.45, 2.75) is 39.0 Å². The second kappa shape index (κ2) is 8.20. The number of hydrogen-bond acceptors (Lipinski definition) is 5. The van der Waals surface area contributed by atoms with E-state index in [1.54, 1.807) is 41.4 Å². The van der Waals surface area contributed by atoms with E-state index >= 15 is 0 Å². The molecule has 0 bridgehead atoms. The molecule has 1 aromatic heterocycles. The fourth-order valence-electron chi connectivity index (χ4n) is 3.16. The first kappa shape index (κ1) is 20.2. The highest BCUT2D eigenvalue weighted by Crippen LogP contribution is 2.25. The average molecular weight is 428 g/mol. The van der Waals surface area contributed by atoms with Gasteiger partial charge in [0.25, 0.3) is 5.91 Å². The number of nitrogens with zero attached hydrogens (tertiary/aromatic N) is 1. The average Bonchev–Trinajstić information content (AvgIpc) is 3.24. The van der Waals surface area contributed by atoms with Gasteiger partial charge in [0.05, 0.1) is 18.1 Å². The molecule has 2 atom stereocenters. The molecule has 3 rings (SSSR count).